The predicted molar refractivity (Wildman–Crippen MR) is 115 cm³/mol. The van der Waals surface area contributed by atoms with Crippen molar-refractivity contribution >= 4 is 17.2 Å². The molecule has 7 nitrogen and oxygen atoms in total. The van der Waals surface area contributed by atoms with Gasteiger partial charge in [0, 0.05) is 31.6 Å². The van der Waals surface area contributed by atoms with E-state index in [1.165, 1.54) is 0 Å². The number of nitrogens with zero attached hydrogens (tertiary/aromatic N) is 3. The molecule has 1 aliphatic rings. The molecular weight excluding hydrogens is 402 g/mol. The molecule has 0 aliphatic carbocycles. The summed E-state index contributed by atoms with van der Waals surface area (Å²) >= 11 is 1.64. The zero-order valence-electron chi connectivity index (χ0n) is 17.0. The standard InChI is InChI=1S/C22H25N3O4S/c1-2-27-17-5-7-18(8-6-17)29-15-22(26)25-11-9-24(10-12-25)14-21-23-19(16-30-21)20-4-3-13-28-20/h3-8,13,16H,2,9-12,14-15H2,1H3. The second-order valence-corrected chi connectivity index (χ2v) is 7.90. The number of thiazole rings is 1. The highest BCUT2D eigenvalue weighted by atomic mass is 32.1. The first-order chi connectivity index (χ1) is 14.7. The molecule has 0 bridgehead atoms. The van der Waals surface area contributed by atoms with Crippen LogP contribution in [0.15, 0.2) is 52.5 Å². The summed E-state index contributed by atoms with van der Waals surface area (Å²) in [5.74, 6) is 2.27. The Labute approximate surface area is 179 Å². The molecule has 2 aromatic heterocycles. The molecule has 4 rings (SSSR count). The van der Waals surface area contributed by atoms with Crippen molar-refractivity contribution in [2.75, 3.05) is 39.4 Å². The summed E-state index contributed by atoms with van der Waals surface area (Å²) < 4.78 is 16.5. The first kappa shape index (κ1) is 20.4. The van der Waals surface area contributed by atoms with Crippen LogP contribution in [0.25, 0.3) is 11.5 Å². The molecule has 3 heterocycles. The number of carbonyl (C=O) groups is 1. The van der Waals surface area contributed by atoms with Crippen LogP contribution in [0.3, 0.4) is 0 Å². The number of ether oxygens (including phenoxy) is 2. The molecule has 1 saturated heterocycles. The normalized spacial score (nSPS) is 14.6. The molecule has 1 aliphatic heterocycles. The Kier molecular flexibility index (Phi) is 6.66. The third-order valence-electron chi connectivity index (χ3n) is 4.91. The number of carbonyl (C=O) groups excluding carboxylic acids is 1. The lowest BCUT2D eigenvalue weighted by Gasteiger charge is -2.34. The van der Waals surface area contributed by atoms with Crippen molar-refractivity contribution in [3.63, 3.8) is 0 Å². The lowest BCUT2D eigenvalue weighted by Crippen LogP contribution is -2.49. The van der Waals surface area contributed by atoms with Crippen LogP contribution in [0.5, 0.6) is 11.5 Å². The topological polar surface area (TPSA) is 68.0 Å². The summed E-state index contributed by atoms with van der Waals surface area (Å²) in [6.45, 7) is 6.44. The van der Waals surface area contributed by atoms with Crippen LogP contribution in [-0.2, 0) is 11.3 Å². The van der Waals surface area contributed by atoms with Gasteiger partial charge in [-0.3, -0.25) is 9.69 Å². The molecule has 1 amide bonds. The first-order valence-corrected chi connectivity index (χ1v) is 10.9. The highest BCUT2D eigenvalue weighted by Gasteiger charge is 2.22. The lowest BCUT2D eigenvalue weighted by atomic mass is 10.3. The van der Waals surface area contributed by atoms with Crippen molar-refractivity contribution in [1.29, 1.82) is 0 Å². The van der Waals surface area contributed by atoms with Crippen molar-refractivity contribution in [2.45, 2.75) is 13.5 Å². The summed E-state index contributed by atoms with van der Waals surface area (Å²) in [6.07, 6.45) is 1.66. The summed E-state index contributed by atoms with van der Waals surface area (Å²) in [7, 11) is 0. The van der Waals surface area contributed by atoms with Gasteiger partial charge in [0.15, 0.2) is 12.4 Å². The van der Waals surface area contributed by atoms with Gasteiger partial charge in [-0.1, -0.05) is 0 Å². The van der Waals surface area contributed by atoms with E-state index in [2.05, 4.69) is 9.88 Å². The molecule has 8 heteroatoms. The molecule has 3 aromatic rings. The van der Waals surface area contributed by atoms with Crippen LogP contribution < -0.4 is 9.47 Å². The molecule has 0 radical (unpaired) electrons. The quantitative estimate of drug-likeness (QED) is 0.548. The Balaban J connectivity index is 1.21. The van der Waals surface area contributed by atoms with E-state index in [1.807, 2.05) is 53.6 Å². The molecule has 0 unspecified atom stereocenters. The fourth-order valence-electron chi connectivity index (χ4n) is 3.30. The highest BCUT2D eigenvalue weighted by molar-refractivity contribution is 7.09. The van der Waals surface area contributed by atoms with Crippen LogP contribution in [0.4, 0.5) is 0 Å². The van der Waals surface area contributed by atoms with Crippen molar-refractivity contribution in [3.8, 4) is 23.0 Å². The summed E-state index contributed by atoms with van der Waals surface area (Å²) in [4.78, 5) is 21.3. The van der Waals surface area contributed by atoms with Gasteiger partial charge < -0.3 is 18.8 Å². The van der Waals surface area contributed by atoms with Crippen molar-refractivity contribution in [3.05, 3.63) is 53.0 Å². The summed E-state index contributed by atoms with van der Waals surface area (Å²) in [5, 5.41) is 3.08. The summed E-state index contributed by atoms with van der Waals surface area (Å²) in [6, 6.07) is 11.1. The Morgan fingerprint density at radius 2 is 1.83 bits per heavy atom. The fourth-order valence-corrected chi connectivity index (χ4v) is 4.13. The second-order valence-electron chi connectivity index (χ2n) is 6.95. The van der Waals surface area contributed by atoms with Crippen LogP contribution >= 0.6 is 11.3 Å². The van der Waals surface area contributed by atoms with Gasteiger partial charge in [0.05, 0.1) is 19.4 Å². The Bertz CT molecular complexity index is 932. The lowest BCUT2D eigenvalue weighted by molar-refractivity contribution is -0.135. The maximum absolute atomic E-state index is 12.5. The molecule has 0 spiro atoms. The van der Waals surface area contributed by atoms with E-state index in [4.69, 9.17) is 13.9 Å². The van der Waals surface area contributed by atoms with Crippen molar-refractivity contribution in [1.82, 2.24) is 14.8 Å². The van der Waals surface area contributed by atoms with Gasteiger partial charge in [0.2, 0.25) is 0 Å². The molecular formula is C22H25N3O4S. The maximum atomic E-state index is 12.5. The van der Waals surface area contributed by atoms with Crippen LogP contribution in [0.1, 0.15) is 11.9 Å². The zero-order chi connectivity index (χ0) is 20.8. The smallest absolute Gasteiger partial charge is 0.260 e. The van der Waals surface area contributed by atoms with Gasteiger partial charge in [0.25, 0.3) is 5.91 Å². The number of amides is 1. The van der Waals surface area contributed by atoms with Gasteiger partial charge in [-0.05, 0) is 43.3 Å². The largest absolute Gasteiger partial charge is 0.494 e. The third-order valence-corrected chi connectivity index (χ3v) is 5.74. The molecule has 0 atom stereocenters. The average Bonchev–Trinajstić information content (AvgIpc) is 3.46. The van der Waals surface area contributed by atoms with Crippen LogP contribution in [0.2, 0.25) is 0 Å². The Hall–Kier alpha value is -2.84. The summed E-state index contributed by atoms with van der Waals surface area (Å²) in [5.41, 5.74) is 0.875. The Morgan fingerprint density at radius 3 is 2.50 bits per heavy atom. The molecule has 1 aromatic carbocycles. The van der Waals surface area contributed by atoms with Gasteiger partial charge in [-0.15, -0.1) is 11.3 Å². The average molecular weight is 428 g/mol. The third kappa shape index (κ3) is 5.20. The highest BCUT2D eigenvalue weighted by Crippen LogP contribution is 2.23. The maximum Gasteiger partial charge on any atom is 0.260 e. The molecule has 0 N–H and O–H groups in total. The van der Waals surface area contributed by atoms with Crippen molar-refractivity contribution in [2.24, 2.45) is 0 Å². The minimum Gasteiger partial charge on any atom is -0.494 e. The van der Waals surface area contributed by atoms with Crippen molar-refractivity contribution < 1.29 is 18.7 Å². The van der Waals surface area contributed by atoms with E-state index < -0.39 is 0 Å². The van der Waals surface area contributed by atoms with E-state index >= 15 is 0 Å². The minimum absolute atomic E-state index is 0.0119. The SMILES string of the molecule is CCOc1ccc(OCC(=O)N2CCN(Cc3nc(-c4ccco4)cs3)CC2)cc1. The van der Waals surface area contributed by atoms with Gasteiger partial charge in [-0.25, -0.2) is 4.98 Å². The second kappa shape index (κ2) is 9.77. The van der Waals surface area contributed by atoms with Gasteiger partial charge >= 0.3 is 0 Å². The molecule has 158 valence electrons. The Morgan fingerprint density at radius 1 is 1.10 bits per heavy atom. The number of hydrogen-bond donors (Lipinski definition) is 0. The van der Waals surface area contributed by atoms with E-state index in [9.17, 15) is 4.79 Å². The van der Waals surface area contributed by atoms with E-state index in [-0.39, 0.29) is 12.5 Å². The van der Waals surface area contributed by atoms with E-state index in [1.54, 1.807) is 17.6 Å². The van der Waals surface area contributed by atoms with E-state index in [0.717, 1.165) is 41.8 Å². The zero-order valence-corrected chi connectivity index (χ0v) is 17.8. The number of furan rings is 1. The molecule has 0 saturated carbocycles. The van der Waals surface area contributed by atoms with Gasteiger partial charge in [-0.2, -0.15) is 0 Å². The molecule has 30 heavy (non-hydrogen) atoms. The number of benzene rings is 1. The van der Waals surface area contributed by atoms with E-state index in [0.29, 0.717) is 25.4 Å². The number of aromatic nitrogens is 1. The number of rotatable bonds is 8. The van der Waals surface area contributed by atoms with Gasteiger partial charge in [0.1, 0.15) is 22.2 Å². The monoisotopic (exact) mass is 427 g/mol. The molecule has 1 fully saturated rings. The predicted octanol–water partition coefficient (Wildman–Crippen LogP) is 3.53. The minimum atomic E-state index is 0.0119. The van der Waals surface area contributed by atoms with Crippen LogP contribution in [-0.4, -0.2) is 60.1 Å². The van der Waals surface area contributed by atoms with Crippen LogP contribution in [0, 0.1) is 0 Å². The number of piperazine rings is 1. The number of hydrogen-bond acceptors (Lipinski definition) is 7. The first-order valence-electron chi connectivity index (χ1n) is 10.1. The fraction of sp³-hybridized carbons (Fsp3) is 0.364.